The molecule has 4 nitrogen and oxygen atoms in total. The Hall–Kier alpha value is -1.04. The number of amides is 1. The number of benzene rings is 1. The van der Waals surface area contributed by atoms with E-state index in [1.165, 1.54) is 0 Å². The third-order valence-corrected chi connectivity index (χ3v) is 6.51. The fourth-order valence-corrected chi connectivity index (χ4v) is 4.04. The maximum absolute atomic E-state index is 12.4. The van der Waals surface area contributed by atoms with Crippen molar-refractivity contribution in [2.75, 3.05) is 0 Å². The van der Waals surface area contributed by atoms with E-state index in [9.17, 15) is 4.79 Å². The Balaban J connectivity index is 1.51. The van der Waals surface area contributed by atoms with Crippen molar-refractivity contribution in [2.24, 2.45) is 5.92 Å². The Labute approximate surface area is 148 Å². The summed E-state index contributed by atoms with van der Waals surface area (Å²) in [5.74, 6) is 0.787. The van der Waals surface area contributed by atoms with Gasteiger partial charge in [0.15, 0.2) is 0 Å². The lowest BCUT2D eigenvalue weighted by molar-refractivity contribution is -0.0438. The molecule has 24 heavy (non-hydrogen) atoms. The number of rotatable bonds is 3. The lowest BCUT2D eigenvalue weighted by Gasteiger charge is -2.61. The van der Waals surface area contributed by atoms with E-state index < -0.39 is 18.3 Å². The van der Waals surface area contributed by atoms with Crippen LogP contribution in [0.1, 0.15) is 57.3 Å². The number of carbonyl (C=O) groups excluding carboxylic acids is 1. The standard InChI is InChI=1S/C18H23BClNO3/c1-16(2)17(3,4)24-19(23-16)13-6-5-12(7-14(13)20)15(22)21-18-8-11(9-18)10-18/h5-7,11H,8-10H2,1-4H3,(H,21,22). The minimum atomic E-state index is -0.516. The highest BCUT2D eigenvalue weighted by atomic mass is 35.5. The average Bonchev–Trinajstić information content (AvgIpc) is 2.60. The molecular formula is C18H23BClNO3. The minimum absolute atomic E-state index is 0.0458. The molecule has 2 bridgehead atoms. The van der Waals surface area contributed by atoms with E-state index in [0.29, 0.717) is 10.6 Å². The van der Waals surface area contributed by atoms with Crippen LogP contribution in [-0.4, -0.2) is 29.8 Å². The summed E-state index contributed by atoms with van der Waals surface area (Å²) in [4.78, 5) is 12.4. The molecule has 5 rings (SSSR count). The van der Waals surface area contributed by atoms with Crippen LogP contribution in [0, 0.1) is 5.92 Å². The van der Waals surface area contributed by atoms with Gasteiger partial charge in [-0.15, -0.1) is 0 Å². The van der Waals surface area contributed by atoms with Gasteiger partial charge in [-0.25, -0.2) is 0 Å². The van der Waals surface area contributed by atoms with Crippen molar-refractivity contribution in [2.45, 2.75) is 63.7 Å². The Morgan fingerprint density at radius 1 is 1.17 bits per heavy atom. The van der Waals surface area contributed by atoms with Crippen molar-refractivity contribution >= 4 is 30.1 Å². The Bertz CT molecular complexity index is 685. The molecule has 3 aliphatic carbocycles. The van der Waals surface area contributed by atoms with E-state index in [0.717, 1.165) is 30.6 Å². The zero-order valence-electron chi connectivity index (χ0n) is 14.6. The van der Waals surface area contributed by atoms with E-state index in [1.807, 2.05) is 33.8 Å². The molecular weight excluding hydrogens is 324 g/mol. The second-order valence-electron chi connectivity index (χ2n) is 8.54. The van der Waals surface area contributed by atoms with Crippen molar-refractivity contribution in [3.05, 3.63) is 28.8 Å². The van der Waals surface area contributed by atoms with Gasteiger partial charge in [-0.05, 0) is 65.0 Å². The van der Waals surface area contributed by atoms with Crippen LogP contribution in [-0.2, 0) is 9.31 Å². The van der Waals surface area contributed by atoms with Gasteiger partial charge in [0.05, 0.1) is 11.2 Å². The number of nitrogens with one attached hydrogen (secondary N) is 1. The van der Waals surface area contributed by atoms with E-state index in [2.05, 4.69) is 5.32 Å². The van der Waals surface area contributed by atoms with Crippen molar-refractivity contribution in [3.8, 4) is 0 Å². The second kappa shape index (κ2) is 4.99. The number of hydrogen-bond acceptors (Lipinski definition) is 3. The fraction of sp³-hybridized carbons (Fsp3) is 0.611. The quantitative estimate of drug-likeness (QED) is 0.855. The van der Waals surface area contributed by atoms with E-state index >= 15 is 0 Å². The van der Waals surface area contributed by atoms with Crippen LogP contribution in [0.5, 0.6) is 0 Å². The van der Waals surface area contributed by atoms with Crippen LogP contribution >= 0.6 is 11.6 Å². The summed E-state index contributed by atoms with van der Waals surface area (Å²) in [6.07, 6.45) is 3.37. The predicted octanol–water partition coefficient (Wildman–Crippen LogP) is 2.92. The smallest absolute Gasteiger partial charge is 0.399 e. The highest BCUT2D eigenvalue weighted by Crippen LogP contribution is 2.57. The minimum Gasteiger partial charge on any atom is -0.399 e. The highest BCUT2D eigenvalue weighted by molar-refractivity contribution is 6.65. The summed E-state index contributed by atoms with van der Waals surface area (Å²) in [7, 11) is -0.516. The van der Waals surface area contributed by atoms with Gasteiger partial charge in [0.2, 0.25) is 0 Å². The summed E-state index contributed by atoms with van der Waals surface area (Å²) >= 11 is 6.43. The molecule has 6 heteroatoms. The van der Waals surface area contributed by atoms with Crippen LogP contribution < -0.4 is 10.8 Å². The lowest BCUT2D eigenvalue weighted by Crippen LogP contribution is -2.68. The molecule has 128 valence electrons. The number of carbonyl (C=O) groups is 1. The van der Waals surface area contributed by atoms with Gasteiger partial charge in [-0.3, -0.25) is 4.79 Å². The average molecular weight is 348 g/mol. The molecule has 0 unspecified atom stereocenters. The Morgan fingerprint density at radius 2 is 1.75 bits per heavy atom. The Kier molecular flexibility index (Phi) is 3.42. The highest BCUT2D eigenvalue weighted by Gasteiger charge is 2.57. The van der Waals surface area contributed by atoms with Crippen molar-refractivity contribution in [3.63, 3.8) is 0 Å². The molecule has 1 aromatic carbocycles. The molecule has 1 amide bonds. The molecule has 1 N–H and O–H groups in total. The van der Waals surface area contributed by atoms with Crippen LogP contribution in [0.25, 0.3) is 0 Å². The number of halogens is 1. The first-order valence-corrected chi connectivity index (χ1v) is 8.96. The molecule has 1 heterocycles. The second-order valence-corrected chi connectivity index (χ2v) is 8.94. The third kappa shape index (κ3) is 2.40. The summed E-state index contributed by atoms with van der Waals surface area (Å²) < 4.78 is 12.1. The van der Waals surface area contributed by atoms with Gasteiger partial charge in [-0.2, -0.15) is 0 Å². The summed E-state index contributed by atoms with van der Waals surface area (Å²) in [5, 5.41) is 3.66. The normalized spacial score (nSPS) is 32.0. The maximum Gasteiger partial charge on any atom is 0.496 e. The first-order valence-electron chi connectivity index (χ1n) is 8.58. The molecule has 4 fully saturated rings. The third-order valence-electron chi connectivity index (χ3n) is 6.19. The first kappa shape index (κ1) is 16.4. The molecule has 4 aliphatic rings. The largest absolute Gasteiger partial charge is 0.496 e. The SMILES string of the molecule is CC1(C)OB(c2ccc(C(=O)NC34CC(C3)C4)cc2Cl)OC1(C)C. The lowest BCUT2D eigenvalue weighted by atomic mass is 9.50. The Morgan fingerprint density at radius 3 is 2.21 bits per heavy atom. The van der Waals surface area contributed by atoms with Crippen LogP contribution in [0.15, 0.2) is 18.2 Å². The van der Waals surface area contributed by atoms with Crippen LogP contribution in [0.2, 0.25) is 5.02 Å². The van der Waals surface area contributed by atoms with Gasteiger partial charge >= 0.3 is 7.12 Å². The zero-order valence-corrected chi connectivity index (χ0v) is 15.4. The summed E-state index contributed by atoms with van der Waals surface area (Å²) in [5.41, 5.74) is 0.587. The fourth-order valence-electron chi connectivity index (χ4n) is 3.77. The van der Waals surface area contributed by atoms with Crippen molar-refractivity contribution in [1.29, 1.82) is 0 Å². The van der Waals surface area contributed by atoms with Gasteiger partial charge < -0.3 is 14.6 Å². The molecule has 1 aliphatic heterocycles. The molecule has 0 radical (unpaired) electrons. The van der Waals surface area contributed by atoms with E-state index in [4.69, 9.17) is 20.9 Å². The monoisotopic (exact) mass is 347 g/mol. The number of hydrogen-bond donors (Lipinski definition) is 1. The zero-order chi connectivity index (χ0) is 17.3. The van der Waals surface area contributed by atoms with Gasteiger partial charge in [0.1, 0.15) is 0 Å². The van der Waals surface area contributed by atoms with Crippen molar-refractivity contribution < 1.29 is 14.1 Å². The predicted molar refractivity (Wildman–Crippen MR) is 94.7 cm³/mol. The molecule has 0 aromatic heterocycles. The topological polar surface area (TPSA) is 47.6 Å². The van der Waals surface area contributed by atoms with Crippen molar-refractivity contribution in [1.82, 2.24) is 5.32 Å². The van der Waals surface area contributed by atoms with Gasteiger partial charge in [0, 0.05) is 21.6 Å². The van der Waals surface area contributed by atoms with E-state index in [-0.39, 0.29) is 11.4 Å². The van der Waals surface area contributed by atoms with Crippen LogP contribution in [0.4, 0.5) is 0 Å². The summed E-state index contributed by atoms with van der Waals surface area (Å²) in [6, 6.07) is 5.34. The van der Waals surface area contributed by atoms with E-state index in [1.54, 1.807) is 12.1 Å². The molecule has 1 saturated heterocycles. The molecule has 3 saturated carbocycles. The van der Waals surface area contributed by atoms with Gasteiger partial charge in [-0.1, -0.05) is 17.7 Å². The summed E-state index contributed by atoms with van der Waals surface area (Å²) in [6.45, 7) is 8.03. The first-order chi connectivity index (χ1) is 11.1. The van der Waals surface area contributed by atoms with Gasteiger partial charge in [0.25, 0.3) is 5.91 Å². The molecule has 1 aromatic rings. The molecule has 0 spiro atoms. The maximum atomic E-state index is 12.4. The molecule has 0 atom stereocenters. The van der Waals surface area contributed by atoms with Crippen LogP contribution in [0.3, 0.4) is 0 Å².